The first-order valence-electron chi connectivity index (χ1n) is 9.07. The smallest absolute Gasteiger partial charge is 0.259 e. The molecule has 0 heterocycles. The average Bonchev–Trinajstić information content (AvgIpc) is 2.77. The highest BCUT2D eigenvalue weighted by atomic mass is 16.5. The van der Waals surface area contributed by atoms with Gasteiger partial charge in [0.25, 0.3) is 5.91 Å². The fourth-order valence-electron chi connectivity index (χ4n) is 2.56. The molecule has 0 aliphatic heterocycles. The normalized spacial score (nSPS) is 9.90. The van der Waals surface area contributed by atoms with E-state index in [9.17, 15) is 4.79 Å². The van der Waals surface area contributed by atoms with Crippen LogP contribution in [-0.4, -0.2) is 25.7 Å². The van der Waals surface area contributed by atoms with E-state index >= 15 is 0 Å². The van der Waals surface area contributed by atoms with Gasteiger partial charge in [-0.3, -0.25) is 4.79 Å². The first-order chi connectivity index (χ1) is 14.3. The predicted octanol–water partition coefficient (Wildman–Crippen LogP) is 4.30. The number of para-hydroxylation sites is 2. The zero-order valence-corrected chi connectivity index (χ0v) is 15.7. The van der Waals surface area contributed by atoms with Crippen LogP contribution in [0.1, 0.15) is 10.4 Å². The summed E-state index contributed by atoms with van der Waals surface area (Å²) in [6.07, 6.45) is 0. The van der Waals surface area contributed by atoms with Crippen molar-refractivity contribution in [2.45, 2.75) is 0 Å². The van der Waals surface area contributed by atoms with Gasteiger partial charge in [-0.05, 0) is 48.5 Å². The lowest BCUT2D eigenvalue weighted by Gasteiger charge is -2.12. The van der Waals surface area contributed by atoms with Crippen LogP contribution in [0.3, 0.4) is 0 Å². The second-order valence-corrected chi connectivity index (χ2v) is 5.93. The Morgan fingerprint density at radius 1 is 0.793 bits per heavy atom. The number of anilines is 1. The van der Waals surface area contributed by atoms with Gasteiger partial charge < -0.3 is 19.5 Å². The molecule has 0 unspecified atom stereocenters. The van der Waals surface area contributed by atoms with E-state index < -0.39 is 0 Å². The van der Waals surface area contributed by atoms with Gasteiger partial charge in [0, 0.05) is 5.69 Å². The highest BCUT2D eigenvalue weighted by Crippen LogP contribution is 2.21. The summed E-state index contributed by atoms with van der Waals surface area (Å²) >= 11 is 0. The van der Waals surface area contributed by atoms with E-state index in [0.29, 0.717) is 36.0 Å². The minimum Gasteiger partial charge on any atom is -0.490 e. The first kappa shape index (κ1) is 19.8. The molecule has 0 aromatic heterocycles. The third-order valence-corrected chi connectivity index (χ3v) is 3.90. The number of nitrogens with one attached hydrogen (secondary N) is 1. The Bertz CT molecular complexity index is 966. The van der Waals surface area contributed by atoms with Gasteiger partial charge in [-0.1, -0.05) is 30.3 Å². The van der Waals surface area contributed by atoms with Gasteiger partial charge in [-0.15, -0.1) is 0 Å². The average molecular weight is 388 g/mol. The SMILES string of the molecule is N#CCOc1ccc(NC(=O)c2ccccc2OCCOc2ccccc2)cc1. The molecule has 0 aliphatic carbocycles. The molecule has 0 atom stereocenters. The van der Waals surface area contributed by atoms with Crippen LogP contribution in [0, 0.1) is 11.3 Å². The molecule has 0 saturated heterocycles. The van der Waals surface area contributed by atoms with Gasteiger partial charge in [0.2, 0.25) is 0 Å². The molecule has 0 fully saturated rings. The number of benzene rings is 3. The summed E-state index contributed by atoms with van der Waals surface area (Å²) in [6, 6.07) is 25.2. The molecular formula is C23H20N2O4. The maximum atomic E-state index is 12.6. The minimum absolute atomic E-state index is 0.0234. The number of amides is 1. The van der Waals surface area contributed by atoms with Crippen LogP contribution >= 0.6 is 0 Å². The Morgan fingerprint density at radius 3 is 2.21 bits per heavy atom. The van der Waals surface area contributed by atoms with E-state index in [1.807, 2.05) is 42.5 Å². The molecule has 0 bridgehead atoms. The number of hydrogen-bond acceptors (Lipinski definition) is 5. The monoisotopic (exact) mass is 388 g/mol. The van der Waals surface area contributed by atoms with Crippen molar-refractivity contribution in [2.24, 2.45) is 0 Å². The van der Waals surface area contributed by atoms with Crippen molar-refractivity contribution < 1.29 is 19.0 Å². The molecule has 29 heavy (non-hydrogen) atoms. The summed E-state index contributed by atoms with van der Waals surface area (Å²) in [5.74, 6) is 1.53. The molecule has 6 nitrogen and oxygen atoms in total. The van der Waals surface area contributed by atoms with Gasteiger partial charge in [0.15, 0.2) is 6.61 Å². The van der Waals surface area contributed by atoms with Gasteiger partial charge >= 0.3 is 0 Å². The quantitative estimate of drug-likeness (QED) is 0.553. The number of carbonyl (C=O) groups excluding carboxylic acids is 1. The Hall–Kier alpha value is -3.98. The van der Waals surface area contributed by atoms with Crippen LogP contribution in [0.4, 0.5) is 5.69 Å². The zero-order chi connectivity index (χ0) is 20.3. The van der Waals surface area contributed by atoms with Crippen molar-refractivity contribution in [2.75, 3.05) is 25.1 Å². The molecule has 0 saturated carbocycles. The maximum Gasteiger partial charge on any atom is 0.259 e. The molecule has 3 aromatic carbocycles. The van der Waals surface area contributed by atoms with E-state index in [4.69, 9.17) is 19.5 Å². The second kappa shape index (κ2) is 10.4. The molecule has 1 N–H and O–H groups in total. The van der Waals surface area contributed by atoms with Crippen LogP contribution < -0.4 is 19.5 Å². The van der Waals surface area contributed by atoms with Crippen LogP contribution in [0.15, 0.2) is 78.9 Å². The van der Waals surface area contributed by atoms with Crippen molar-refractivity contribution in [3.8, 4) is 23.3 Å². The number of ether oxygens (including phenoxy) is 3. The van der Waals surface area contributed by atoms with E-state index in [2.05, 4.69) is 5.32 Å². The maximum absolute atomic E-state index is 12.6. The van der Waals surface area contributed by atoms with E-state index in [-0.39, 0.29) is 12.5 Å². The fraction of sp³-hybridized carbons (Fsp3) is 0.130. The number of carbonyl (C=O) groups is 1. The number of hydrogen-bond donors (Lipinski definition) is 1. The Labute approximate surface area is 169 Å². The fourth-order valence-corrected chi connectivity index (χ4v) is 2.56. The van der Waals surface area contributed by atoms with E-state index in [1.165, 1.54) is 0 Å². The molecule has 3 rings (SSSR count). The largest absolute Gasteiger partial charge is 0.490 e. The number of rotatable bonds is 9. The third kappa shape index (κ3) is 6.01. The number of nitrogens with zero attached hydrogens (tertiary/aromatic N) is 1. The lowest BCUT2D eigenvalue weighted by atomic mass is 10.2. The molecule has 0 spiro atoms. The van der Waals surface area contributed by atoms with Crippen LogP contribution in [0.2, 0.25) is 0 Å². The summed E-state index contributed by atoms with van der Waals surface area (Å²) in [5, 5.41) is 11.4. The van der Waals surface area contributed by atoms with Crippen molar-refractivity contribution >= 4 is 11.6 Å². The molecule has 6 heteroatoms. The van der Waals surface area contributed by atoms with E-state index in [0.717, 1.165) is 5.75 Å². The summed E-state index contributed by atoms with van der Waals surface area (Å²) < 4.78 is 16.6. The van der Waals surface area contributed by atoms with E-state index in [1.54, 1.807) is 42.5 Å². The van der Waals surface area contributed by atoms with Crippen LogP contribution in [0.5, 0.6) is 17.2 Å². The third-order valence-electron chi connectivity index (χ3n) is 3.90. The van der Waals surface area contributed by atoms with Crippen molar-refractivity contribution in [1.82, 2.24) is 0 Å². The Kier molecular flexibility index (Phi) is 7.08. The molecule has 0 radical (unpaired) electrons. The zero-order valence-electron chi connectivity index (χ0n) is 15.7. The Balaban J connectivity index is 1.56. The molecular weight excluding hydrogens is 368 g/mol. The van der Waals surface area contributed by atoms with Gasteiger partial charge in [-0.25, -0.2) is 0 Å². The van der Waals surface area contributed by atoms with Crippen LogP contribution in [-0.2, 0) is 0 Å². The standard InChI is InChI=1S/C23H20N2O4/c24-14-15-27-20-12-10-18(11-13-20)25-23(26)21-8-4-5-9-22(21)29-17-16-28-19-6-2-1-3-7-19/h1-13H,15-17H2,(H,25,26). The highest BCUT2D eigenvalue weighted by Gasteiger charge is 2.12. The molecule has 0 aliphatic rings. The van der Waals surface area contributed by atoms with Crippen LogP contribution in [0.25, 0.3) is 0 Å². The van der Waals surface area contributed by atoms with Crippen molar-refractivity contribution in [3.05, 3.63) is 84.4 Å². The van der Waals surface area contributed by atoms with Crippen molar-refractivity contribution in [3.63, 3.8) is 0 Å². The predicted molar refractivity (Wildman–Crippen MR) is 109 cm³/mol. The Morgan fingerprint density at radius 2 is 1.45 bits per heavy atom. The summed E-state index contributed by atoms with van der Waals surface area (Å²) in [4.78, 5) is 12.6. The summed E-state index contributed by atoms with van der Waals surface area (Å²) in [6.45, 7) is 0.651. The van der Waals surface area contributed by atoms with Gasteiger partial charge in [0.05, 0.1) is 5.56 Å². The molecule has 146 valence electrons. The molecule has 1 amide bonds. The highest BCUT2D eigenvalue weighted by molar-refractivity contribution is 6.06. The minimum atomic E-state index is -0.282. The van der Waals surface area contributed by atoms with Crippen molar-refractivity contribution in [1.29, 1.82) is 5.26 Å². The topological polar surface area (TPSA) is 80.6 Å². The first-order valence-corrected chi connectivity index (χ1v) is 9.07. The van der Waals surface area contributed by atoms with Gasteiger partial charge in [-0.2, -0.15) is 5.26 Å². The second-order valence-electron chi connectivity index (χ2n) is 5.93. The summed E-state index contributed by atoms with van der Waals surface area (Å²) in [7, 11) is 0. The lowest BCUT2D eigenvalue weighted by Crippen LogP contribution is -2.15. The number of nitriles is 1. The lowest BCUT2D eigenvalue weighted by molar-refractivity contribution is 0.102. The van der Waals surface area contributed by atoms with Gasteiger partial charge in [0.1, 0.15) is 36.5 Å². The molecule has 3 aromatic rings. The summed E-state index contributed by atoms with van der Waals surface area (Å²) in [5.41, 5.74) is 1.04.